The van der Waals surface area contributed by atoms with Crippen LogP contribution in [-0.4, -0.2) is 63.8 Å². The number of benzene rings is 1. The normalized spacial score (nSPS) is 14.7. The molecule has 0 aliphatic carbocycles. The average molecular weight is 497 g/mol. The summed E-state index contributed by atoms with van der Waals surface area (Å²) in [5.74, 6) is -3.20. The fraction of sp³-hybridized carbons (Fsp3) is 0.565. The van der Waals surface area contributed by atoms with Crippen molar-refractivity contribution in [3.8, 4) is 5.75 Å². The summed E-state index contributed by atoms with van der Waals surface area (Å²) in [6.45, 7) is 7.08. The number of phenolic OH excluding ortho intramolecular Hbond substituents is 1. The number of aliphatic carboxylic acids is 1. The van der Waals surface area contributed by atoms with Crippen LogP contribution in [0.2, 0.25) is 0 Å². The molecular formula is C23H36N4O6S. The van der Waals surface area contributed by atoms with Gasteiger partial charge in [-0.1, -0.05) is 39.8 Å². The van der Waals surface area contributed by atoms with E-state index in [0.29, 0.717) is 12.0 Å². The highest BCUT2D eigenvalue weighted by atomic mass is 32.1. The van der Waals surface area contributed by atoms with Crippen LogP contribution in [0.4, 0.5) is 0 Å². The van der Waals surface area contributed by atoms with Gasteiger partial charge in [0.25, 0.3) is 0 Å². The first kappa shape index (κ1) is 29.2. The fourth-order valence-corrected chi connectivity index (χ4v) is 3.35. The Morgan fingerprint density at radius 3 is 1.91 bits per heavy atom. The SMILES string of the molecule is CC(C)CC(NC(=O)C(N)CS)C(=O)NC(Cc1ccc(O)cc1)C(=O)NC(C(=O)O)C(C)C. The molecule has 4 atom stereocenters. The molecule has 1 aromatic carbocycles. The minimum Gasteiger partial charge on any atom is -0.508 e. The van der Waals surface area contributed by atoms with E-state index in [0.717, 1.165) is 0 Å². The van der Waals surface area contributed by atoms with Crippen LogP contribution in [0.1, 0.15) is 39.7 Å². The van der Waals surface area contributed by atoms with E-state index in [9.17, 15) is 29.4 Å². The predicted octanol–water partition coefficient (Wildman–Crippen LogP) is 0.433. The lowest BCUT2D eigenvalue weighted by atomic mass is 9.99. The first-order valence-corrected chi connectivity index (χ1v) is 11.8. The van der Waals surface area contributed by atoms with E-state index in [1.165, 1.54) is 12.1 Å². The third-order valence-corrected chi connectivity index (χ3v) is 5.51. The minimum absolute atomic E-state index is 0.0415. The average Bonchev–Trinajstić information content (AvgIpc) is 2.76. The molecule has 10 nitrogen and oxygen atoms in total. The van der Waals surface area contributed by atoms with Gasteiger partial charge < -0.3 is 31.9 Å². The van der Waals surface area contributed by atoms with E-state index in [-0.39, 0.29) is 29.8 Å². The Kier molecular flexibility index (Phi) is 11.9. The standard InChI is InChI=1S/C23H36N4O6S/c1-12(2)9-17(25-20(29)16(24)11-34)21(30)26-18(10-14-5-7-15(28)8-6-14)22(31)27-19(13(3)4)23(32)33/h5-8,12-13,16-19,28,34H,9-11,24H2,1-4H3,(H,25,29)(H,26,30)(H,27,31)(H,32,33). The second-order valence-corrected chi connectivity index (χ2v) is 9.35. The molecule has 0 heterocycles. The van der Waals surface area contributed by atoms with Crippen molar-refractivity contribution in [1.82, 2.24) is 16.0 Å². The summed E-state index contributed by atoms with van der Waals surface area (Å²) in [7, 11) is 0. The van der Waals surface area contributed by atoms with E-state index in [1.54, 1.807) is 26.0 Å². The molecule has 0 radical (unpaired) electrons. The molecule has 0 saturated heterocycles. The predicted molar refractivity (Wildman–Crippen MR) is 131 cm³/mol. The van der Waals surface area contributed by atoms with Gasteiger partial charge in [-0.25, -0.2) is 4.79 Å². The van der Waals surface area contributed by atoms with Gasteiger partial charge in [-0.2, -0.15) is 12.6 Å². The zero-order chi connectivity index (χ0) is 26.0. The maximum atomic E-state index is 13.1. The van der Waals surface area contributed by atoms with Crippen molar-refractivity contribution in [1.29, 1.82) is 0 Å². The Bertz CT molecular complexity index is 846. The van der Waals surface area contributed by atoms with Crippen molar-refractivity contribution in [3.05, 3.63) is 29.8 Å². The van der Waals surface area contributed by atoms with Crippen LogP contribution in [0, 0.1) is 11.8 Å². The number of hydrogen-bond donors (Lipinski definition) is 7. The highest BCUT2D eigenvalue weighted by Crippen LogP contribution is 2.13. The first-order valence-electron chi connectivity index (χ1n) is 11.1. The molecule has 11 heteroatoms. The molecule has 0 aromatic heterocycles. The lowest BCUT2D eigenvalue weighted by Gasteiger charge is -2.26. The Labute approximate surface area is 205 Å². The van der Waals surface area contributed by atoms with E-state index in [1.807, 2.05) is 13.8 Å². The summed E-state index contributed by atoms with van der Waals surface area (Å²) in [5, 5.41) is 26.7. The van der Waals surface area contributed by atoms with Crippen molar-refractivity contribution in [3.63, 3.8) is 0 Å². The van der Waals surface area contributed by atoms with Gasteiger partial charge in [-0.15, -0.1) is 0 Å². The van der Waals surface area contributed by atoms with Gasteiger partial charge in [-0.3, -0.25) is 14.4 Å². The zero-order valence-electron chi connectivity index (χ0n) is 19.9. The van der Waals surface area contributed by atoms with Gasteiger partial charge in [0.15, 0.2) is 0 Å². The molecule has 190 valence electrons. The lowest BCUT2D eigenvalue weighted by molar-refractivity contribution is -0.143. The van der Waals surface area contributed by atoms with Crippen LogP contribution in [0.15, 0.2) is 24.3 Å². The molecule has 0 fully saturated rings. The third-order valence-electron chi connectivity index (χ3n) is 5.11. The molecule has 0 aliphatic heterocycles. The highest BCUT2D eigenvalue weighted by molar-refractivity contribution is 7.80. The largest absolute Gasteiger partial charge is 0.508 e. The van der Waals surface area contributed by atoms with Gasteiger partial charge in [0.2, 0.25) is 17.7 Å². The molecule has 0 saturated carbocycles. The number of carbonyl (C=O) groups excluding carboxylic acids is 3. The smallest absolute Gasteiger partial charge is 0.326 e. The first-order chi connectivity index (χ1) is 15.8. The van der Waals surface area contributed by atoms with E-state index < -0.39 is 47.9 Å². The topological polar surface area (TPSA) is 171 Å². The molecule has 0 spiro atoms. The second kappa shape index (κ2) is 13.8. The Morgan fingerprint density at radius 1 is 0.912 bits per heavy atom. The second-order valence-electron chi connectivity index (χ2n) is 8.98. The number of thiol groups is 1. The maximum Gasteiger partial charge on any atom is 0.326 e. The van der Waals surface area contributed by atoms with Gasteiger partial charge in [0.05, 0.1) is 6.04 Å². The van der Waals surface area contributed by atoms with Crippen LogP contribution >= 0.6 is 12.6 Å². The molecule has 1 rings (SSSR count). The van der Waals surface area contributed by atoms with Crippen LogP contribution in [0.3, 0.4) is 0 Å². The summed E-state index contributed by atoms with van der Waals surface area (Å²) in [5.41, 5.74) is 6.35. The Balaban J connectivity index is 3.15. The zero-order valence-corrected chi connectivity index (χ0v) is 20.8. The van der Waals surface area contributed by atoms with Gasteiger partial charge >= 0.3 is 5.97 Å². The number of amides is 3. The summed E-state index contributed by atoms with van der Waals surface area (Å²) in [6, 6.07) is 1.96. The van der Waals surface area contributed by atoms with Crippen LogP contribution in [-0.2, 0) is 25.6 Å². The summed E-state index contributed by atoms with van der Waals surface area (Å²) >= 11 is 4.00. The van der Waals surface area contributed by atoms with Crippen molar-refractivity contribution in [2.75, 3.05) is 5.75 Å². The van der Waals surface area contributed by atoms with Crippen molar-refractivity contribution < 1.29 is 29.4 Å². The summed E-state index contributed by atoms with van der Waals surface area (Å²) in [6.07, 6.45) is 0.342. The molecular weight excluding hydrogens is 460 g/mol. The Morgan fingerprint density at radius 2 is 1.44 bits per heavy atom. The van der Waals surface area contributed by atoms with E-state index in [4.69, 9.17) is 5.73 Å². The number of nitrogens with one attached hydrogen (secondary N) is 3. The number of nitrogens with two attached hydrogens (primary N) is 1. The number of aromatic hydroxyl groups is 1. The fourth-order valence-electron chi connectivity index (χ4n) is 3.18. The molecule has 34 heavy (non-hydrogen) atoms. The van der Waals surface area contributed by atoms with E-state index in [2.05, 4.69) is 28.6 Å². The third kappa shape index (κ3) is 9.60. The van der Waals surface area contributed by atoms with Crippen LogP contribution in [0.25, 0.3) is 0 Å². The molecule has 0 bridgehead atoms. The molecule has 0 aliphatic rings. The van der Waals surface area contributed by atoms with Crippen molar-refractivity contribution in [2.45, 2.75) is 64.7 Å². The molecule has 1 aromatic rings. The summed E-state index contributed by atoms with van der Waals surface area (Å²) in [4.78, 5) is 50.0. The monoisotopic (exact) mass is 496 g/mol. The number of hydrogen-bond acceptors (Lipinski definition) is 7. The number of carboxylic acids is 1. The van der Waals surface area contributed by atoms with Crippen molar-refractivity contribution in [2.24, 2.45) is 17.6 Å². The van der Waals surface area contributed by atoms with Gasteiger partial charge in [-0.05, 0) is 36.0 Å². The van der Waals surface area contributed by atoms with Crippen molar-refractivity contribution >= 4 is 36.3 Å². The maximum absolute atomic E-state index is 13.1. The lowest BCUT2D eigenvalue weighted by Crippen LogP contribution is -2.58. The van der Waals surface area contributed by atoms with Crippen LogP contribution in [0.5, 0.6) is 5.75 Å². The minimum atomic E-state index is -1.19. The quantitative estimate of drug-likeness (QED) is 0.194. The molecule has 3 amide bonds. The van der Waals surface area contributed by atoms with E-state index >= 15 is 0 Å². The van der Waals surface area contributed by atoms with Gasteiger partial charge in [0.1, 0.15) is 23.9 Å². The van der Waals surface area contributed by atoms with Gasteiger partial charge in [0, 0.05) is 12.2 Å². The number of phenols is 1. The Hall–Kier alpha value is -2.79. The highest BCUT2D eigenvalue weighted by Gasteiger charge is 2.31. The molecule has 7 N–H and O–H groups in total. The summed E-state index contributed by atoms with van der Waals surface area (Å²) < 4.78 is 0. The van der Waals surface area contributed by atoms with Crippen LogP contribution < -0.4 is 21.7 Å². The number of carbonyl (C=O) groups is 4. The molecule has 4 unspecified atom stereocenters. The number of carboxylic acid groups (broad SMARTS) is 1. The number of rotatable bonds is 13.